The minimum absolute atomic E-state index is 0.0104. The zero-order valence-corrected chi connectivity index (χ0v) is 21.1. The molecule has 4 aromatic rings. The number of nitrogens with zero attached hydrogens (tertiary/aromatic N) is 3. The van der Waals surface area contributed by atoms with Crippen molar-refractivity contribution in [2.45, 2.75) is 19.4 Å². The zero-order valence-electron chi connectivity index (χ0n) is 20.3. The maximum Gasteiger partial charge on any atom is 0.287 e. The van der Waals surface area contributed by atoms with Crippen LogP contribution in [-0.2, 0) is 13.5 Å². The Bertz CT molecular complexity index is 1540. The lowest BCUT2D eigenvalue weighted by Crippen LogP contribution is -2.46. The van der Waals surface area contributed by atoms with Gasteiger partial charge in [0.05, 0.1) is 34.1 Å². The van der Waals surface area contributed by atoms with Gasteiger partial charge in [0.15, 0.2) is 17.4 Å². The molecule has 11 heteroatoms. The molecule has 1 aliphatic heterocycles. The Labute approximate surface area is 220 Å². The van der Waals surface area contributed by atoms with E-state index in [2.05, 4.69) is 10.4 Å². The fourth-order valence-electron chi connectivity index (χ4n) is 4.54. The number of nitrogens with one attached hydrogen (secondary N) is 1. The normalized spacial score (nSPS) is 13.7. The molecule has 1 atom stereocenters. The maximum atomic E-state index is 13.9. The highest BCUT2D eigenvalue weighted by Crippen LogP contribution is 2.32. The van der Waals surface area contributed by atoms with E-state index in [9.17, 15) is 23.2 Å². The number of carbonyl (C=O) groups is 3. The van der Waals surface area contributed by atoms with Gasteiger partial charge in [0.1, 0.15) is 5.76 Å². The van der Waals surface area contributed by atoms with E-state index < -0.39 is 35.4 Å². The van der Waals surface area contributed by atoms with E-state index in [0.29, 0.717) is 27.6 Å². The molecule has 0 aliphatic carbocycles. The average Bonchev–Trinajstić information content (AvgIpc) is 3.51. The number of halogens is 3. The van der Waals surface area contributed by atoms with Crippen LogP contribution in [-0.4, -0.2) is 45.0 Å². The summed E-state index contributed by atoms with van der Waals surface area (Å²) in [5.74, 6) is -3.30. The van der Waals surface area contributed by atoms with Crippen molar-refractivity contribution in [3.63, 3.8) is 0 Å². The zero-order chi connectivity index (χ0) is 27.1. The van der Waals surface area contributed by atoms with E-state index in [-0.39, 0.29) is 29.9 Å². The third-order valence-electron chi connectivity index (χ3n) is 6.37. The Morgan fingerprint density at radius 2 is 1.74 bits per heavy atom. The molecule has 194 valence electrons. The van der Waals surface area contributed by atoms with Crippen molar-refractivity contribution in [2.75, 3.05) is 6.54 Å². The van der Waals surface area contributed by atoms with Crippen molar-refractivity contribution in [1.82, 2.24) is 20.0 Å². The van der Waals surface area contributed by atoms with Crippen LogP contribution >= 0.6 is 11.6 Å². The number of carbonyl (C=O) groups excluding carboxylic acids is 3. The summed E-state index contributed by atoms with van der Waals surface area (Å²) in [5.41, 5.74) is 2.02. The third kappa shape index (κ3) is 4.58. The summed E-state index contributed by atoms with van der Waals surface area (Å²) in [6, 6.07) is 10.4. The first-order valence-electron chi connectivity index (χ1n) is 11.6. The third-order valence-corrected chi connectivity index (χ3v) is 6.65. The van der Waals surface area contributed by atoms with Crippen molar-refractivity contribution < 1.29 is 27.6 Å². The average molecular weight is 539 g/mol. The van der Waals surface area contributed by atoms with E-state index in [1.807, 2.05) is 0 Å². The number of aromatic nitrogens is 2. The summed E-state index contributed by atoms with van der Waals surface area (Å²) in [6.07, 6.45) is 1.49. The minimum atomic E-state index is -1.05. The molecule has 0 fully saturated rings. The first kappa shape index (κ1) is 25.3. The number of furan rings is 1. The number of imide groups is 1. The van der Waals surface area contributed by atoms with Crippen LogP contribution in [0.3, 0.4) is 0 Å². The molecule has 0 saturated heterocycles. The Morgan fingerprint density at radius 3 is 2.34 bits per heavy atom. The lowest BCUT2D eigenvalue weighted by Gasteiger charge is -2.23. The van der Waals surface area contributed by atoms with Crippen molar-refractivity contribution in [3.8, 4) is 11.3 Å². The van der Waals surface area contributed by atoms with Crippen molar-refractivity contribution in [2.24, 2.45) is 7.05 Å². The molecule has 1 aliphatic rings. The van der Waals surface area contributed by atoms with Gasteiger partial charge in [0, 0.05) is 19.2 Å². The van der Waals surface area contributed by atoms with Crippen LogP contribution in [0.5, 0.6) is 0 Å². The molecule has 2 aromatic carbocycles. The van der Waals surface area contributed by atoms with E-state index in [4.69, 9.17) is 16.0 Å². The van der Waals surface area contributed by atoms with Gasteiger partial charge in [-0.2, -0.15) is 5.10 Å². The van der Waals surface area contributed by atoms with Gasteiger partial charge in [0.2, 0.25) is 0 Å². The summed E-state index contributed by atoms with van der Waals surface area (Å²) in [5, 5.41) is 7.26. The number of rotatable bonds is 7. The second-order valence-corrected chi connectivity index (χ2v) is 9.34. The van der Waals surface area contributed by atoms with Crippen LogP contribution in [0.25, 0.3) is 11.3 Å². The van der Waals surface area contributed by atoms with Crippen LogP contribution in [0, 0.1) is 18.6 Å². The number of amides is 3. The smallest absolute Gasteiger partial charge is 0.287 e. The van der Waals surface area contributed by atoms with E-state index in [1.54, 1.807) is 42.9 Å². The highest BCUT2D eigenvalue weighted by atomic mass is 35.5. The van der Waals surface area contributed by atoms with Gasteiger partial charge >= 0.3 is 0 Å². The van der Waals surface area contributed by atoms with Gasteiger partial charge in [-0.05, 0) is 49.2 Å². The van der Waals surface area contributed by atoms with Crippen LogP contribution in [0.1, 0.15) is 42.6 Å². The van der Waals surface area contributed by atoms with Crippen molar-refractivity contribution in [3.05, 3.63) is 99.6 Å². The molecule has 5 rings (SSSR count). The Morgan fingerprint density at radius 1 is 1.05 bits per heavy atom. The number of benzene rings is 2. The fraction of sp³-hybridized carbons (Fsp3) is 0.185. The minimum Gasteiger partial charge on any atom is -0.455 e. The quantitative estimate of drug-likeness (QED) is 0.348. The topological polar surface area (TPSA) is 97.4 Å². The molecular weight excluding hydrogens is 518 g/mol. The van der Waals surface area contributed by atoms with Gasteiger partial charge in [0.25, 0.3) is 17.7 Å². The van der Waals surface area contributed by atoms with Crippen molar-refractivity contribution >= 4 is 29.3 Å². The Balaban J connectivity index is 1.42. The SMILES string of the molecule is Cc1oc(C(=O)N[C@@H](Cc2ccc(F)c(F)c2)CN2C(=O)c3ccccc3C2=O)cc1-c1c(Cl)cnn1C. The number of hydrogen-bond acceptors (Lipinski definition) is 5. The first-order chi connectivity index (χ1) is 18.1. The summed E-state index contributed by atoms with van der Waals surface area (Å²) in [7, 11) is 1.70. The summed E-state index contributed by atoms with van der Waals surface area (Å²) in [4.78, 5) is 40.1. The summed E-state index contributed by atoms with van der Waals surface area (Å²) >= 11 is 6.25. The molecule has 2 aromatic heterocycles. The largest absolute Gasteiger partial charge is 0.455 e. The number of aryl methyl sites for hydroxylation is 2. The number of hydrogen-bond donors (Lipinski definition) is 1. The molecule has 0 spiro atoms. The second-order valence-electron chi connectivity index (χ2n) is 8.93. The highest BCUT2D eigenvalue weighted by molar-refractivity contribution is 6.33. The van der Waals surface area contributed by atoms with Gasteiger partial charge < -0.3 is 9.73 Å². The molecule has 0 bridgehead atoms. The maximum absolute atomic E-state index is 13.9. The standard InChI is InChI=1S/C27H21ClF2N4O4/c1-14-19(24-20(28)12-31-33(24)2)11-23(38-14)25(35)32-16(9-15-7-8-21(29)22(30)10-15)13-34-26(36)17-5-3-4-6-18(17)27(34)37/h3-8,10-12,16H,9,13H2,1-2H3,(H,32,35)/t16-/m0/s1. The monoisotopic (exact) mass is 538 g/mol. The van der Waals surface area contributed by atoms with Crippen LogP contribution < -0.4 is 5.32 Å². The fourth-order valence-corrected chi connectivity index (χ4v) is 4.80. The molecule has 0 radical (unpaired) electrons. The van der Waals surface area contributed by atoms with Crippen molar-refractivity contribution in [1.29, 1.82) is 0 Å². The molecule has 3 heterocycles. The predicted octanol–water partition coefficient (Wildman–Crippen LogP) is 4.56. The molecule has 38 heavy (non-hydrogen) atoms. The molecular formula is C27H21ClF2N4O4. The Kier molecular flexibility index (Phi) is 6.58. The van der Waals surface area contributed by atoms with Crippen LogP contribution in [0.15, 0.2) is 59.1 Å². The van der Waals surface area contributed by atoms with Gasteiger partial charge in [-0.1, -0.05) is 29.8 Å². The summed E-state index contributed by atoms with van der Waals surface area (Å²) in [6.45, 7) is 1.48. The molecule has 1 N–H and O–H groups in total. The predicted molar refractivity (Wildman–Crippen MR) is 134 cm³/mol. The molecule has 3 amide bonds. The van der Waals surface area contributed by atoms with Gasteiger partial charge in [-0.15, -0.1) is 0 Å². The summed E-state index contributed by atoms with van der Waals surface area (Å²) < 4.78 is 34.6. The van der Waals surface area contributed by atoms with E-state index in [1.165, 1.54) is 18.3 Å². The second kappa shape index (κ2) is 9.86. The molecule has 0 saturated carbocycles. The first-order valence-corrected chi connectivity index (χ1v) is 12.0. The van der Waals surface area contributed by atoms with Gasteiger partial charge in [-0.3, -0.25) is 24.0 Å². The van der Waals surface area contributed by atoms with Gasteiger partial charge in [-0.25, -0.2) is 8.78 Å². The van der Waals surface area contributed by atoms with Crippen LogP contribution in [0.4, 0.5) is 8.78 Å². The Hall–Kier alpha value is -4.31. The molecule has 0 unspecified atom stereocenters. The lowest BCUT2D eigenvalue weighted by molar-refractivity contribution is 0.0627. The number of fused-ring (bicyclic) bond motifs is 1. The lowest BCUT2D eigenvalue weighted by atomic mass is 10.0. The molecule has 8 nitrogen and oxygen atoms in total. The van der Waals surface area contributed by atoms with Crippen LogP contribution in [0.2, 0.25) is 5.02 Å². The van der Waals surface area contributed by atoms with E-state index >= 15 is 0 Å². The highest BCUT2D eigenvalue weighted by Gasteiger charge is 2.37. The van der Waals surface area contributed by atoms with E-state index in [0.717, 1.165) is 17.0 Å².